The number of hydrogen-bond acceptors (Lipinski definition) is 9. The summed E-state index contributed by atoms with van der Waals surface area (Å²) >= 11 is 2.75. The molecule has 282 valence electrons. The largest absolute Gasteiger partial charge is 0.493 e. The summed E-state index contributed by atoms with van der Waals surface area (Å²) in [7, 11) is 3.01. The van der Waals surface area contributed by atoms with E-state index in [1.165, 1.54) is 43.4 Å². The van der Waals surface area contributed by atoms with Crippen molar-refractivity contribution in [2.45, 2.75) is 42.8 Å². The Bertz CT molecular complexity index is 2200. The van der Waals surface area contributed by atoms with Crippen LogP contribution in [0.1, 0.15) is 67.3 Å². The van der Waals surface area contributed by atoms with E-state index in [4.69, 9.17) is 14.2 Å². The first-order valence-corrected chi connectivity index (χ1v) is 19.5. The predicted molar refractivity (Wildman–Crippen MR) is 217 cm³/mol. The Kier molecular flexibility index (Phi) is 13.0. The number of fused-ring (bicyclic) bond motifs is 1. The molecule has 4 aromatic carbocycles. The fraction of sp³-hybridized carbons (Fsp3) is 0.209. The van der Waals surface area contributed by atoms with Gasteiger partial charge in [-0.05, 0) is 86.2 Å². The van der Waals surface area contributed by atoms with E-state index < -0.39 is 23.0 Å². The number of benzene rings is 4. The topological polar surface area (TPSA) is 132 Å². The molecule has 0 bridgehead atoms. The Morgan fingerprint density at radius 1 is 0.836 bits per heavy atom. The molecule has 0 saturated carbocycles. The van der Waals surface area contributed by atoms with E-state index >= 15 is 0 Å². The highest BCUT2D eigenvalue weighted by molar-refractivity contribution is 8.00. The van der Waals surface area contributed by atoms with Gasteiger partial charge in [0, 0.05) is 26.6 Å². The number of carbonyl (C=O) groups excluding carboxylic acids is 4. The molecule has 0 radical (unpaired) electrons. The van der Waals surface area contributed by atoms with Crippen molar-refractivity contribution in [2.75, 3.05) is 31.5 Å². The molecule has 1 atom stereocenters. The first kappa shape index (κ1) is 38.9. The molecule has 5 aromatic rings. The number of amides is 3. The minimum absolute atomic E-state index is 0.0314. The van der Waals surface area contributed by atoms with Gasteiger partial charge in [-0.2, -0.15) is 0 Å². The number of thioether (sulfide) groups is 1. The smallest absolute Gasteiger partial charge is 0.341 e. The third-order valence-corrected chi connectivity index (χ3v) is 11.3. The number of anilines is 2. The number of carbonyl (C=O) groups is 4. The number of para-hydroxylation sites is 1. The molecule has 10 nitrogen and oxygen atoms in total. The third kappa shape index (κ3) is 9.45. The molecule has 55 heavy (non-hydrogen) atoms. The Morgan fingerprint density at radius 3 is 2.29 bits per heavy atom. The van der Waals surface area contributed by atoms with Gasteiger partial charge in [0.1, 0.15) is 15.9 Å². The summed E-state index contributed by atoms with van der Waals surface area (Å²) in [6.45, 7) is 2.00. The van der Waals surface area contributed by atoms with Gasteiger partial charge >= 0.3 is 5.97 Å². The van der Waals surface area contributed by atoms with Crippen LogP contribution in [0, 0.1) is 0 Å². The molecular formula is C43H41N3O7S2. The van der Waals surface area contributed by atoms with Gasteiger partial charge in [0.2, 0.25) is 5.91 Å². The van der Waals surface area contributed by atoms with Gasteiger partial charge in [0.15, 0.2) is 11.5 Å². The van der Waals surface area contributed by atoms with Gasteiger partial charge in [0.05, 0.1) is 26.4 Å². The van der Waals surface area contributed by atoms with Crippen molar-refractivity contribution in [1.82, 2.24) is 5.32 Å². The lowest BCUT2D eigenvalue weighted by Crippen LogP contribution is -2.30. The van der Waals surface area contributed by atoms with Crippen molar-refractivity contribution in [3.05, 3.63) is 142 Å². The van der Waals surface area contributed by atoms with Crippen LogP contribution in [0.15, 0.2) is 114 Å². The van der Waals surface area contributed by atoms with Crippen LogP contribution in [0.2, 0.25) is 0 Å². The van der Waals surface area contributed by atoms with Crippen LogP contribution in [-0.4, -0.2) is 44.5 Å². The lowest BCUT2D eigenvalue weighted by atomic mass is 9.95. The van der Waals surface area contributed by atoms with Crippen LogP contribution in [-0.2, 0) is 27.2 Å². The van der Waals surface area contributed by atoms with Gasteiger partial charge in [-0.15, -0.1) is 23.1 Å². The van der Waals surface area contributed by atoms with Crippen LogP contribution in [0.4, 0.5) is 10.7 Å². The molecule has 1 aliphatic rings. The lowest BCUT2D eigenvalue weighted by molar-refractivity contribution is -0.116. The molecule has 0 aliphatic heterocycles. The first-order valence-electron chi connectivity index (χ1n) is 17.8. The molecule has 3 N–H and O–H groups in total. The summed E-state index contributed by atoms with van der Waals surface area (Å²) in [5.74, 6) is -0.920. The molecule has 12 heteroatoms. The molecule has 1 aromatic heterocycles. The minimum Gasteiger partial charge on any atom is -0.493 e. The van der Waals surface area contributed by atoms with E-state index in [0.29, 0.717) is 43.8 Å². The van der Waals surface area contributed by atoms with Crippen LogP contribution in [0.5, 0.6) is 11.5 Å². The third-order valence-electron chi connectivity index (χ3n) is 8.84. The molecular weight excluding hydrogens is 735 g/mol. The number of ether oxygens (including phenoxy) is 3. The number of esters is 1. The summed E-state index contributed by atoms with van der Waals surface area (Å²) in [6, 6.07) is 30.3. The molecule has 0 saturated heterocycles. The Balaban J connectivity index is 1.27. The fourth-order valence-electron chi connectivity index (χ4n) is 6.26. The van der Waals surface area contributed by atoms with Crippen molar-refractivity contribution in [2.24, 2.45) is 0 Å². The Morgan fingerprint density at radius 2 is 1.56 bits per heavy atom. The van der Waals surface area contributed by atoms with Crippen LogP contribution in [0.3, 0.4) is 0 Å². The zero-order valence-electron chi connectivity index (χ0n) is 30.7. The second-order valence-corrected chi connectivity index (χ2v) is 14.8. The highest BCUT2D eigenvalue weighted by atomic mass is 32.2. The van der Waals surface area contributed by atoms with E-state index in [9.17, 15) is 19.2 Å². The summed E-state index contributed by atoms with van der Waals surface area (Å²) in [5.41, 5.74) is 3.48. The zero-order valence-corrected chi connectivity index (χ0v) is 32.3. The van der Waals surface area contributed by atoms with Crippen molar-refractivity contribution in [1.29, 1.82) is 0 Å². The van der Waals surface area contributed by atoms with E-state index in [1.807, 2.05) is 36.4 Å². The van der Waals surface area contributed by atoms with E-state index in [0.717, 1.165) is 41.7 Å². The second kappa shape index (κ2) is 18.5. The quantitative estimate of drug-likeness (QED) is 0.0580. The van der Waals surface area contributed by atoms with Gasteiger partial charge in [-0.25, -0.2) is 4.79 Å². The maximum atomic E-state index is 14.2. The van der Waals surface area contributed by atoms with Crippen molar-refractivity contribution >= 4 is 63.6 Å². The van der Waals surface area contributed by atoms with Crippen LogP contribution < -0.4 is 25.4 Å². The first-order chi connectivity index (χ1) is 26.8. The van der Waals surface area contributed by atoms with E-state index in [-0.39, 0.29) is 18.2 Å². The number of nitrogens with one attached hydrogen (secondary N) is 3. The number of thiophene rings is 1. The monoisotopic (exact) mass is 775 g/mol. The minimum atomic E-state index is -0.706. The average Bonchev–Trinajstić information content (AvgIpc) is 3.58. The van der Waals surface area contributed by atoms with E-state index in [2.05, 4.69) is 16.0 Å². The van der Waals surface area contributed by atoms with E-state index in [1.54, 1.807) is 73.7 Å². The standard InChI is InChI=1S/C43H41N3O7S2/c1-4-53-43(50)36-32-22-11-12-24-35(32)55-42(36)46-41(49)38(27-15-7-5-8-16-27)54-31-21-14-20-30(26-31)44-40(48)33(45-39(47)28-17-9-6-10-18-28)25-29-19-13-23-34(51-2)37(29)52-3/h5-10,13-21,23,25-26,38H,4,11-12,22,24H2,1-3H3,(H,44,48)(H,45,47)(H,46,49)/b33-25+. The summed E-state index contributed by atoms with van der Waals surface area (Å²) < 4.78 is 16.4. The second-order valence-electron chi connectivity index (χ2n) is 12.5. The van der Waals surface area contributed by atoms with Gasteiger partial charge in [0.25, 0.3) is 11.8 Å². The van der Waals surface area contributed by atoms with Gasteiger partial charge in [-0.1, -0.05) is 66.7 Å². The highest BCUT2D eigenvalue weighted by Gasteiger charge is 2.30. The lowest BCUT2D eigenvalue weighted by Gasteiger charge is -2.18. The van der Waals surface area contributed by atoms with Crippen molar-refractivity contribution in [3.63, 3.8) is 0 Å². The average molecular weight is 776 g/mol. The molecule has 1 unspecified atom stereocenters. The molecule has 1 aliphatic carbocycles. The Hall–Kier alpha value is -5.85. The van der Waals surface area contributed by atoms with Crippen molar-refractivity contribution in [3.8, 4) is 11.5 Å². The maximum Gasteiger partial charge on any atom is 0.341 e. The summed E-state index contributed by atoms with van der Waals surface area (Å²) in [4.78, 5) is 56.4. The normalized spacial score (nSPS) is 12.8. The van der Waals surface area contributed by atoms with Gasteiger partial charge in [-0.3, -0.25) is 14.4 Å². The number of aryl methyl sites for hydroxylation is 1. The maximum absolute atomic E-state index is 14.2. The van der Waals surface area contributed by atoms with Crippen LogP contribution in [0.25, 0.3) is 6.08 Å². The molecule has 0 fully saturated rings. The Labute approximate surface area is 328 Å². The molecule has 0 spiro atoms. The summed E-state index contributed by atoms with van der Waals surface area (Å²) in [5, 5.41) is 8.55. The molecule has 3 amide bonds. The van der Waals surface area contributed by atoms with Crippen LogP contribution >= 0.6 is 23.1 Å². The van der Waals surface area contributed by atoms with Crippen molar-refractivity contribution < 1.29 is 33.4 Å². The summed E-state index contributed by atoms with van der Waals surface area (Å²) in [6.07, 6.45) is 5.16. The predicted octanol–water partition coefficient (Wildman–Crippen LogP) is 8.70. The molecule has 1 heterocycles. The fourth-order valence-corrected chi connectivity index (χ4v) is 8.62. The number of rotatable bonds is 14. The SMILES string of the molecule is CCOC(=O)c1c(NC(=O)C(Sc2cccc(NC(=O)/C(=C\c3cccc(OC)c3OC)NC(=O)c3ccccc3)c2)c2ccccc2)sc2c1CCCC2. The number of hydrogen-bond donors (Lipinski definition) is 3. The zero-order chi connectivity index (χ0) is 38.7. The number of methoxy groups -OCH3 is 2. The van der Waals surface area contributed by atoms with Gasteiger partial charge < -0.3 is 30.2 Å². The highest BCUT2D eigenvalue weighted by Crippen LogP contribution is 2.42. The molecule has 6 rings (SSSR count).